The van der Waals surface area contributed by atoms with Gasteiger partial charge >= 0.3 is 6.09 Å². The molecule has 1 aromatic heterocycles. The largest absolute Gasteiger partial charge is 0.442 e. The number of nitrogens with zero attached hydrogens (tertiary/aromatic N) is 3. The van der Waals surface area contributed by atoms with Crippen LogP contribution in [0.15, 0.2) is 18.2 Å². The molecule has 1 atom stereocenters. The van der Waals surface area contributed by atoms with Gasteiger partial charge in [0.25, 0.3) is 0 Å². The Morgan fingerprint density at radius 3 is 2.83 bits per heavy atom. The van der Waals surface area contributed by atoms with Crippen LogP contribution in [-0.2, 0) is 26.0 Å². The number of halogens is 1. The van der Waals surface area contributed by atoms with Gasteiger partial charge in [0.15, 0.2) is 5.01 Å². The minimum Gasteiger partial charge on any atom is -0.442 e. The Morgan fingerprint density at radius 2 is 2.17 bits per heavy atom. The van der Waals surface area contributed by atoms with Crippen LogP contribution in [0.25, 0.3) is 10.6 Å². The maximum absolute atomic E-state index is 14.7. The number of hydrogen-bond acceptors (Lipinski definition) is 8. The molecule has 1 unspecified atom stereocenters. The lowest BCUT2D eigenvalue weighted by Gasteiger charge is -2.14. The first-order valence-corrected chi connectivity index (χ1v) is 11.6. The van der Waals surface area contributed by atoms with Gasteiger partial charge in [0.05, 0.1) is 25.0 Å². The number of rotatable bonds is 8. The summed E-state index contributed by atoms with van der Waals surface area (Å²) in [7, 11) is -3.29. The molecule has 0 bridgehead atoms. The summed E-state index contributed by atoms with van der Waals surface area (Å²) in [6.07, 6.45) is 0.261. The molecule has 2 amide bonds. The number of benzene rings is 1. The van der Waals surface area contributed by atoms with Crippen LogP contribution in [0.5, 0.6) is 0 Å². The zero-order valence-electron chi connectivity index (χ0n) is 16.2. The van der Waals surface area contributed by atoms with E-state index in [2.05, 4.69) is 20.2 Å². The Kier molecular flexibility index (Phi) is 6.63. The second-order valence-corrected chi connectivity index (χ2v) is 9.53. The highest BCUT2D eigenvalue weighted by Gasteiger charge is 2.32. The van der Waals surface area contributed by atoms with Crippen LogP contribution in [0.2, 0.25) is 0 Å². The first-order valence-electron chi connectivity index (χ1n) is 8.92. The van der Waals surface area contributed by atoms with Crippen LogP contribution < -0.4 is 14.9 Å². The van der Waals surface area contributed by atoms with Gasteiger partial charge in [-0.3, -0.25) is 9.69 Å². The van der Waals surface area contributed by atoms with Crippen LogP contribution in [0, 0.1) is 5.82 Å². The number of amides is 2. The van der Waals surface area contributed by atoms with Crippen molar-refractivity contribution in [3.63, 3.8) is 0 Å². The second-order valence-electron chi connectivity index (χ2n) is 6.64. The number of carbonyl (C=O) groups excluding carboxylic acids is 2. The third kappa shape index (κ3) is 5.70. The molecule has 10 nitrogen and oxygen atoms in total. The number of sulfonamides is 1. The van der Waals surface area contributed by atoms with E-state index in [1.165, 1.54) is 24.0 Å². The average molecular weight is 458 g/mol. The number of carbonyl (C=O) groups is 2. The number of cyclic esters (lactones) is 1. The van der Waals surface area contributed by atoms with Gasteiger partial charge in [-0.25, -0.2) is 22.3 Å². The zero-order chi connectivity index (χ0) is 21.9. The molecule has 2 N–H and O–H groups in total. The molecule has 2 aromatic rings. The normalized spacial score (nSPS) is 16.6. The van der Waals surface area contributed by atoms with Crippen molar-refractivity contribution in [1.82, 2.24) is 20.2 Å². The monoisotopic (exact) mass is 457 g/mol. The van der Waals surface area contributed by atoms with E-state index in [0.717, 1.165) is 17.6 Å². The van der Waals surface area contributed by atoms with E-state index in [0.29, 0.717) is 22.1 Å². The third-order valence-electron chi connectivity index (χ3n) is 4.12. The second kappa shape index (κ2) is 9.02. The van der Waals surface area contributed by atoms with Gasteiger partial charge in [-0.05, 0) is 18.2 Å². The Hall–Kier alpha value is -2.64. The van der Waals surface area contributed by atoms with Crippen molar-refractivity contribution >= 4 is 39.0 Å². The van der Waals surface area contributed by atoms with Crippen molar-refractivity contribution < 1.29 is 27.1 Å². The summed E-state index contributed by atoms with van der Waals surface area (Å²) in [6, 6.07) is 4.29. The van der Waals surface area contributed by atoms with E-state index in [1.807, 2.05) is 0 Å². The molecule has 1 aliphatic rings. The fraction of sp³-hybridized carbons (Fsp3) is 0.412. The molecule has 0 radical (unpaired) electrons. The van der Waals surface area contributed by atoms with E-state index >= 15 is 0 Å². The number of aromatic nitrogens is 2. The Bertz CT molecular complexity index is 1060. The van der Waals surface area contributed by atoms with Crippen LogP contribution in [-0.4, -0.2) is 62.6 Å². The van der Waals surface area contributed by atoms with Gasteiger partial charge in [-0.1, -0.05) is 11.3 Å². The van der Waals surface area contributed by atoms with Crippen molar-refractivity contribution in [2.24, 2.45) is 0 Å². The van der Waals surface area contributed by atoms with Crippen molar-refractivity contribution in [3.05, 3.63) is 29.0 Å². The molecule has 1 aliphatic heterocycles. The predicted octanol–water partition coefficient (Wildman–Crippen LogP) is 0.897. The fourth-order valence-corrected chi connectivity index (χ4v) is 4.09. The minimum absolute atomic E-state index is 0.172. The molecule has 2 heterocycles. The Morgan fingerprint density at radius 1 is 1.40 bits per heavy atom. The first kappa shape index (κ1) is 22.1. The predicted molar refractivity (Wildman–Crippen MR) is 108 cm³/mol. The number of nitrogens with one attached hydrogen (secondary N) is 2. The lowest BCUT2D eigenvalue weighted by Crippen LogP contribution is -2.33. The van der Waals surface area contributed by atoms with Crippen molar-refractivity contribution in [3.8, 4) is 10.6 Å². The van der Waals surface area contributed by atoms with Crippen molar-refractivity contribution in [2.75, 3.05) is 30.8 Å². The number of anilines is 1. The maximum atomic E-state index is 14.7. The Balaban J connectivity index is 1.67. The molecule has 13 heteroatoms. The number of ether oxygens (including phenoxy) is 1. The Labute approximate surface area is 176 Å². The van der Waals surface area contributed by atoms with Crippen LogP contribution >= 0.6 is 11.3 Å². The summed E-state index contributed by atoms with van der Waals surface area (Å²) in [5.74, 6) is -0.814. The molecule has 30 heavy (non-hydrogen) atoms. The molecular formula is C17H20FN5O5S2. The smallest absolute Gasteiger partial charge is 0.414 e. The minimum atomic E-state index is -3.29. The summed E-state index contributed by atoms with van der Waals surface area (Å²) in [4.78, 5) is 24.4. The summed E-state index contributed by atoms with van der Waals surface area (Å²) < 4.78 is 44.4. The lowest BCUT2D eigenvalue weighted by molar-refractivity contribution is -0.119. The molecular weight excluding hydrogens is 437 g/mol. The standard InChI is InChI=1S/C17H20FN5O5S2/c1-10(24)19-8-12-9-23(17(25)28-12)11-3-4-13(14(18)7-11)16-22-21-15(29-16)5-6-20-30(2,26)27/h3-4,7,12,20H,5-6,8-9H2,1-2H3,(H,19,24). The van der Waals surface area contributed by atoms with E-state index in [1.54, 1.807) is 6.07 Å². The molecule has 3 rings (SSSR count). The SMILES string of the molecule is CC(=O)NCC1CN(c2ccc(-c3nnc(CCNS(C)(=O)=O)s3)c(F)c2)C(=O)O1. The van der Waals surface area contributed by atoms with E-state index in [4.69, 9.17) is 4.74 Å². The zero-order valence-corrected chi connectivity index (χ0v) is 17.8. The van der Waals surface area contributed by atoms with Gasteiger partial charge in [0.2, 0.25) is 15.9 Å². The first-order chi connectivity index (χ1) is 14.1. The van der Waals surface area contributed by atoms with Gasteiger partial charge in [-0.15, -0.1) is 10.2 Å². The lowest BCUT2D eigenvalue weighted by atomic mass is 10.2. The van der Waals surface area contributed by atoms with Gasteiger partial charge in [0.1, 0.15) is 16.9 Å². The van der Waals surface area contributed by atoms with Gasteiger partial charge in [0, 0.05) is 25.5 Å². The van der Waals surface area contributed by atoms with Crippen molar-refractivity contribution in [1.29, 1.82) is 0 Å². The highest BCUT2D eigenvalue weighted by atomic mass is 32.2. The van der Waals surface area contributed by atoms with Crippen LogP contribution in [0.3, 0.4) is 0 Å². The van der Waals surface area contributed by atoms with Gasteiger partial charge < -0.3 is 10.1 Å². The summed E-state index contributed by atoms with van der Waals surface area (Å²) >= 11 is 1.16. The summed E-state index contributed by atoms with van der Waals surface area (Å²) in [5, 5.41) is 11.4. The summed E-state index contributed by atoms with van der Waals surface area (Å²) in [5.41, 5.74) is 0.551. The highest BCUT2D eigenvalue weighted by molar-refractivity contribution is 7.88. The molecule has 1 saturated heterocycles. The molecule has 1 fully saturated rings. The molecule has 1 aromatic carbocycles. The summed E-state index contributed by atoms with van der Waals surface area (Å²) in [6.45, 7) is 1.91. The molecule has 0 saturated carbocycles. The van der Waals surface area contributed by atoms with E-state index in [-0.39, 0.29) is 31.1 Å². The van der Waals surface area contributed by atoms with Crippen LogP contribution in [0.1, 0.15) is 11.9 Å². The quantitative estimate of drug-likeness (QED) is 0.602. The highest BCUT2D eigenvalue weighted by Crippen LogP contribution is 2.30. The molecule has 0 spiro atoms. The average Bonchev–Trinajstić information content (AvgIpc) is 3.25. The van der Waals surface area contributed by atoms with Crippen LogP contribution in [0.4, 0.5) is 14.9 Å². The maximum Gasteiger partial charge on any atom is 0.414 e. The topological polar surface area (TPSA) is 131 Å². The van der Waals surface area contributed by atoms with E-state index < -0.39 is 28.0 Å². The van der Waals surface area contributed by atoms with E-state index in [9.17, 15) is 22.4 Å². The number of hydrogen-bond donors (Lipinski definition) is 2. The van der Waals surface area contributed by atoms with Crippen molar-refractivity contribution in [2.45, 2.75) is 19.4 Å². The third-order valence-corrected chi connectivity index (χ3v) is 5.86. The fourth-order valence-electron chi connectivity index (χ4n) is 2.75. The van der Waals surface area contributed by atoms with Gasteiger partial charge in [-0.2, -0.15) is 0 Å². The molecule has 162 valence electrons. The molecule has 0 aliphatic carbocycles.